The summed E-state index contributed by atoms with van der Waals surface area (Å²) in [5, 5.41) is 0. The number of fused-ring (bicyclic) bond motifs is 1. The summed E-state index contributed by atoms with van der Waals surface area (Å²) in [6.07, 6.45) is 8.87. The number of aliphatic imine (C=N–C) groups is 1. The number of rotatable bonds is 9. The number of carbonyl (C=O) groups is 1. The Labute approximate surface area is 302 Å². The van der Waals surface area contributed by atoms with E-state index < -0.39 is 5.41 Å². The topological polar surface area (TPSA) is 41.9 Å². The third kappa shape index (κ3) is 8.17. The Hall–Kier alpha value is -3.92. The first kappa shape index (κ1) is 37.3. The molecular formula is C46H60N2O2. The Morgan fingerprint density at radius 3 is 1.94 bits per heavy atom. The van der Waals surface area contributed by atoms with Gasteiger partial charge in [0, 0.05) is 24.3 Å². The minimum atomic E-state index is -0.604. The minimum absolute atomic E-state index is 0.0000933. The average molecular weight is 673 g/mol. The number of allylic oxidation sites excluding steroid dienone is 3. The molecule has 2 aliphatic rings. The van der Waals surface area contributed by atoms with Gasteiger partial charge in [-0.15, -0.1) is 0 Å². The summed E-state index contributed by atoms with van der Waals surface area (Å²) >= 11 is 0. The van der Waals surface area contributed by atoms with Crippen LogP contribution in [0, 0.1) is 23.2 Å². The summed E-state index contributed by atoms with van der Waals surface area (Å²) in [5.41, 5.74) is 9.69. The van der Waals surface area contributed by atoms with Crippen LogP contribution >= 0.6 is 0 Å². The zero-order valence-corrected chi connectivity index (χ0v) is 32.4. The number of hydrogen-bond donors (Lipinski definition) is 0. The van der Waals surface area contributed by atoms with Crippen LogP contribution in [0.25, 0.3) is 11.1 Å². The van der Waals surface area contributed by atoms with Gasteiger partial charge in [0.1, 0.15) is 6.10 Å². The maximum atomic E-state index is 14.1. The summed E-state index contributed by atoms with van der Waals surface area (Å²) in [4.78, 5) is 21.9. The van der Waals surface area contributed by atoms with E-state index >= 15 is 0 Å². The molecule has 0 radical (unpaired) electrons. The van der Waals surface area contributed by atoms with Gasteiger partial charge in [-0.25, -0.2) is 0 Å². The van der Waals surface area contributed by atoms with Crippen molar-refractivity contribution in [3.8, 4) is 0 Å². The Kier molecular flexibility index (Phi) is 11.3. The molecule has 1 saturated carbocycles. The Bertz CT molecular complexity index is 1730. The molecule has 0 aromatic heterocycles. The molecule has 3 unspecified atom stereocenters. The van der Waals surface area contributed by atoms with Crippen LogP contribution in [0.15, 0.2) is 89.9 Å². The standard InChI is InChI=1S/C46H60N2O2/c1-11-48(12-2)35-27-25-34(26-28-35)42(33-23-21-32(3)22-24-33)38-29-30-39(37-18-14-13-17-36(37)38)47-40-19-15-16-20-41(40)50-43(49)46(10,45(7,8)9)31-44(4,5)6/h13-14,17-18,21-30,40-41H,11-12,15-16,19-20,31H2,1-10H3. The first-order chi connectivity index (χ1) is 23.6. The molecule has 3 atom stereocenters. The fourth-order valence-electron chi connectivity index (χ4n) is 7.75. The molecule has 3 aromatic rings. The zero-order chi connectivity index (χ0) is 36.3. The quantitative estimate of drug-likeness (QED) is 0.212. The third-order valence-corrected chi connectivity index (χ3v) is 11.0. The van der Waals surface area contributed by atoms with Crippen LogP contribution in [0.5, 0.6) is 0 Å². The Balaban J connectivity index is 1.55. The SMILES string of the molecule is CCN(CC)c1ccc(C(=C2C=CC(=NC3CCCCC3OC(=O)C(C)(CC(C)(C)C)C(C)(C)C)c3ccccc32)c2ccc(C)cc2)cc1. The van der Waals surface area contributed by atoms with Crippen LogP contribution in [0.3, 0.4) is 0 Å². The van der Waals surface area contributed by atoms with E-state index in [1.54, 1.807) is 0 Å². The van der Waals surface area contributed by atoms with E-state index in [9.17, 15) is 4.79 Å². The molecule has 0 heterocycles. The van der Waals surface area contributed by atoms with E-state index in [2.05, 4.69) is 159 Å². The second kappa shape index (κ2) is 15.1. The third-order valence-electron chi connectivity index (χ3n) is 11.0. The van der Waals surface area contributed by atoms with E-state index in [-0.39, 0.29) is 28.9 Å². The molecular weight excluding hydrogens is 613 g/mol. The lowest BCUT2D eigenvalue weighted by molar-refractivity contribution is -0.172. The fourth-order valence-corrected chi connectivity index (χ4v) is 7.75. The van der Waals surface area contributed by atoms with Crippen LogP contribution in [-0.2, 0) is 9.53 Å². The van der Waals surface area contributed by atoms with Gasteiger partial charge in [0.2, 0.25) is 0 Å². The van der Waals surface area contributed by atoms with Crippen molar-refractivity contribution in [1.29, 1.82) is 0 Å². The molecule has 0 aliphatic heterocycles. The predicted octanol–water partition coefficient (Wildman–Crippen LogP) is 11.5. The van der Waals surface area contributed by atoms with Gasteiger partial charge in [0.05, 0.1) is 17.2 Å². The van der Waals surface area contributed by atoms with Crippen molar-refractivity contribution >= 4 is 28.5 Å². The number of ether oxygens (including phenoxy) is 1. The lowest BCUT2D eigenvalue weighted by Crippen LogP contribution is -2.47. The van der Waals surface area contributed by atoms with E-state index in [4.69, 9.17) is 9.73 Å². The van der Waals surface area contributed by atoms with Gasteiger partial charge in [-0.3, -0.25) is 9.79 Å². The van der Waals surface area contributed by atoms with E-state index in [0.29, 0.717) is 0 Å². The molecule has 0 amide bonds. The van der Waals surface area contributed by atoms with Crippen LogP contribution in [0.1, 0.15) is 122 Å². The highest BCUT2D eigenvalue weighted by Gasteiger charge is 2.49. The number of aryl methyl sites for hydroxylation is 1. The highest BCUT2D eigenvalue weighted by Crippen LogP contribution is 2.48. The highest BCUT2D eigenvalue weighted by atomic mass is 16.5. The molecule has 50 heavy (non-hydrogen) atoms. The highest BCUT2D eigenvalue weighted by molar-refractivity contribution is 6.19. The van der Waals surface area contributed by atoms with Crippen molar-refractivity contribution < 1.29 is 9.53 Å². The molecule has 0 spiro atoms. The fraction of sp³-hybridized carbons (Fsp3) is 0.478. The van der Waals surface area contributed by atoms with Crippen LogP contribution in [0.2, 0.25) is 0 Å². The summed E-state index contributed by atoms with van der Waals surface area (Å²) in [6.45, 7) is 23.7. The Morgan fingerprint density at radius 1 is 0.780 bits per heavy atom. The van der Waals surface area contributed by atoms with E-state index in [0.717, 1.165) is 56.5 Å². The number of esters is 1. The van der Waals surface area contributed by atoms with Gasteiger partial charge < -0.3 is 9.64 Å². The second-order valence-corrected chi connectivity index (χ2v) is 16.9. The molecule has 3 aromatic carbocycles. The first-order valence-corrected chi connectivity index (χ1v) is 18.9. The summed E-state index contributed by atoms with van der Waals surface area (Å²) in [7, 11) is 0. The average Bonchev–Trinajstić information content (AvgIpc) is 3.07. The maximum absolute atomic E-state index is 14.1. The molecule has 0 N–H and O–H groups in total. The molecule has 0 saturated heterocycles. The van der Waals surface area contributed by atoms with Gasteiger partial charge in [-0.05, 0) is 110 Å². The lowest BCUT2D eigenvalue weighted by Gasteiger charge is -2.44. The van der Waals surface area contributed by atoms with Crippen molar-refractivity contribution in [2.75, 3.05) is 18.0 Å². The first-order valence-electron chi connectivity index (χ1n) is 18.9. The van der Waals surface area contributed by atoms with Crippen molar-refractivity contribution in [3.63, 3.8) is 0 Å². The van der Waals surface area contributed by atoms with Crippen molar-refractivity contribution in [3.05, 3.63) is 113 Å². The Morgan fingerprint density at radius 2 is 1.36 bits per heavy atom. The minimum Gasteiger partial charge on any atom is -0.460 e. The monoisotopic (exact) mass is 672 g/mol. The van der Waals surface area contributed by atoms with Crippen LogP contribution in [-0.4, -0.2) is 36.9 Å². The largest absolute Gasteiger partial charge is 0.460 e. The van der Waals surface area contributed by atoms with Crippen molar-refractivity contribution in [2.24, 2.45) is 21.2 Å². The zero-order valence-electron chi connectivity index (χ0n) is 32.4. The second-order valence-electron chi connectivity index (χ2n) is 16.9. The molecule has 4 nitrogen and oxygen atoms in total. The number of anilines is 1. The molecule has 1 fully saturated rings. The van der Waals surface area contributed by atoms with E-state index in [1.165, 1.54) is 39.1 Å². The normalized spacial score (nSPS) is 21.0. The summed E-state index contributed by atoms with van der Waals surface area (Å²) in [6, 6.07) is 26.5. The number of carbonyl (C=O) groups excluding carboxylic acids is 1. The summed E-state index contributed by atoms with van der Waals surface area (Å²) in [5.74, 6) is -0.0865. The van der Waals surface area contributed by atoms with Gasteiger partial charge >= 0.3 is 5.97 Å². The predicted molar refractivity (Wildman–Crippen MR) is 213 cm³/mol. The summed E-state index contributed by atoms with van der Waals surface area (Å²) < 4.78 is 6.52. The number of benzene rings is 3. The molecule has 266 valence electrons. The molecule has 0 bridgehead atoms. The van der Waals surface area contributed by atoms with E-state index in [1.807, 2.05) is 0 Å². The smallest absolute Gasteiger partial charge is 0.312 e. The maximum Gasteiger partial charge on any atom is 0.312 e. The van der Waals surface area contributed by atoms with Crippen LogP contribution < -0.4 is 4.90 Å². The van der Waals surface area contributed by atoms with Gasteiger partial charge in [0.15, 0.2) is 0 Å². The molecule has 2 aliphatic carbocycles. The number of hydrogen-bond acceptors (Lipinski definition) is 4. The van der Waals surface area contributed by atoms with Gasteiger partial charge in [-0.2, -0.15) is 0 Å². The number of nitrogens with zero attached hydrogens (tertiary/aromatic N) is 2. The van der Waals surface area contributed by atoms with Gasteiger partial charge in [0.25, 0.3) is 0 Å². The van der Waals surface area contributed by atoms with Gasteiger partial charge in [-0.1, -0.05) is 120 Å². The lowest BCUT2D eigenvalue weighted by atomic mass is 9.61. The van der Waals surface area contributed by atoms with Crippen molar-refractivity contribution in [2.45, 2.75) is 113 Å². The molecule has 4 heteroatoms. The van der Waals surface area contributed by atoms with Crippen molar-refractivity contribution in [1.82, 2.24) is 0 Å². The molecule has 5 rings (SSSR count). The van der Waals surface area contributed by atoms with Crippen LogP contribution in [0.4, 0.5) is 5.69 Å².